The molecule has 0 aromatic carbocycles. The van der Waals surface area contributed by atoms with Gasteiger partial charge in [0.1, 0.15) is 6.10 Å². The van der Waals surface area contributed by atoms with Crippen molar-refractivity contribution in [2.24, 2.45) is 5.92 Å². The Bertz CT molecular complexity index is 185. The largest absolute Gasteiger partial charge is 0.444 e. The van der Waals surface area contributed by atoms with E-state index in [1.165, 1.54) is 12.8 Å². The van der Waals surface area contributed by atoms with E-state index in [4.69, 9.17) is 9.84 Å². The zero-order chi connectivity index (χ0) is 12.4. The van der Waals surface area contributed by atoms with E-state index in [9.17, 15) is 4.79 Å². The minimum absolute atomic E-state index is 0.138. The molecule has 2 unspecified atom stereocenters. The van der Waals surface area contributed by atoms with Gasteiger partial charge in [0.15, 0.2) is 0 Å². The summed E-state index contributed by atoms with van der Waals surface area (Å²) in [7, 11) is 0. The molecule has 0 aromatic heterocycles. The first-order valence-electron chi connectivity index (χ1n) is 6.19. The van der Waals surface area contributed by atoms with E-state index in [0.29, 0.717) is 12.5 Å². The molecule has 4 nitrogen and oxygen atoms in total. The molecule has 2 N–H and O–H groups in total. The molecule has 0 spiro atoms. The summed E-state index contributed by atoms with van der Waals surface area (Å²) in [5, 5.41) is 11.5. The van der Waals surface area contributed by atoms with Crippen molar-refractivity contribution in [2.45, 2.75) is 52.6 Å². The number of rotatable bonds is 8. The molecule has 0 aliphatic carbocycles. The zero-order valence-electron chi connectivity index (χ0n) is 10.7. The Labute approximate surface area is 98.4 Å². The summed E-state index contributed by atoms with van der Waals surface area (Å²) in [5.74, 6) is 0.525. The van der Waals surface area contributed by atoms with Gasteiger partial charge in [0, 0.05) is 6.54 Å². The number of hydrogen-bond acceptors (Lipinski definition) is 3. The van der Waals surface area contributed by atoms with Crippen LogP contribution in [0.5, 0.6) is 0 Å². The van der Waals surface area contributed by atoms with Crippen molar-refractivity contribution in [1.29, 1.82) is 0 Å². The van der Waals surface area contributed by atoms with E-state index in [2.05, 4.69) is 19.2 Å². The summed E-state index contributed by atoms with van der Waals surface area (Å²) in [6, 6.07) is 0. The Balaban J connectivity index is 3.70. The van der Waals surface area contributed by atoms with E-state index < -0.39 is 12.2 Å². The van der Waals surface area contributed by atoms with E-state index in [-0.39, 0.29) is 6.61 Å². The fraction of sp³-hybridized carbons (Fsp3) is 0.917. The minimum Gasteiger partial charge on any atom is -0.444 e. The van der Waals surface area contributed by atoms with Crippen LogP contribution in [0, 0.1) is 5.92 Å². The van der Waals surface area contributed by atoms with Crippen LogP contribution in [-0.4, -0.2) is 30.5 Å². The standard InChI is InChI=1S/C12H25NO3/c1-4-6-7-11(5-2)8-13-12(15)16-10(3)9-14/h10-11,14H,4-9H2,1-3H3,(H,13,15). The van der Waals surface area contributed by atoms with Crippen LogP contribution >= 0.6 is 0 Å². The Morgan fingerprint density at radius 3 is 2.62 bits per heavy atom. The van der Waals surface area contributed by atoms with Gasteiger partial charge in [-0.15, -0.1) is 0 Å². The average molecular weight is 231 g/mol. The normalized spacial score (nSPS) is 14.2. The summed E-state index contributed by atoms with van der Waals surface area (Å²) in [6.45, 7) is 6.48. The predicted octanol–water partition coefficient (Wildman–Crippen LogP) is 2.31. The molecule has 0 saturated carbocycles. The van der Waals surface area contributed by atoms with Gasteiger partial charge in [-0.25, -0.2) is 4.79 Å². The van der Waals surface area contributed by atoms with Crippen LogP contribution in [0.4, 0.5) is 4.79 Å². The summed E-state index contributed by atoms with van der Waals surface area (Å²) in [6.07, 6.45) is 3.72. The second-order valence-electron chi connectivity index (χ2n) is 4.20. The molecule has 0 saturated heterocycles. The van der Waals surface area contributed by atoms with Crippen LogP contribution in [0.1, 0.15) is 46.5 Å². The van der Waals surface area contributed by atoms with E-state index >= 15 is 0 Å². The molecule has 16 heavy (non-hydrogen) atoms. The molecule has 0 radical (unpaired) electrons. The van der Waals surface area contributed by atoms with Gasteiger partial charge in [-0.2, -0.15) is 0 Å². The van der Waals surface area contributed by atoms with E-state index in [0.717, 1.165) is 12.8 Å². The molecule has 0 aliphatic heterocycles. The summed E-state index contributed by atoms with van der Waals surface area (Å²) in [4.78, 5) is 11.3. The lowest BCUT2D eigenvalue weighted by molar-refractivity contribution is 0.0672. The molecular formula is C12H25NO3. The van der Waals surface area contributed by atoms with Gasteiger partial charge in [-0.3, -0.25) is 0 Å². The van der Waals surface area contributed by atoms with Crippen LogP contribution in [0.2, 0.25) is 0 Å². The number of carbonyl (C=O) groups excluding carboxylic acids is 1. The third-order valence-electron chi connectivity index (χ3n) is 2.64. The SMILES string of the molecule is CCCCC(CC)CNC(=O)OC(C)CO. The highest BCUT2D eigenvalue weighted by atomic mass is 16.6. The fourth-order valence-electron chi connectivity index (χ4n) is 1.43. The Hall–Kier alpha value is -0.770. The summed E-state index contributed by atoms with van der Waals surface area (Å²) in [5.41, 5.74) is 0. The number of aliphatic hydroxyl groups is 1. The van der Waals surface area contributed by atoms with Crippen molar-refractivity contribution in [3.8, 4) is 0 Å². The second-order valence-corrected chi connectivity index (χ2v) is 4.20. The van der Waals surface area contributed by atoms with Crippen molar-refractivity contribution < 1.29 is 14.6 Å². The third-order valence-corrected chi connectivity index (χ3v) is 2.64. The van der Waals surface area contributed by atoms with Gasteiger partial charge in [0.2, 0.25) is 0 Å². The number of amides is 1. The first-order chi connectivity index (χ1) is 7.63. The molecule has 0 aromatic rings. The quantitative estimate of drug-likeness (QED) is 0.674. The average Bonchev–Trinajstić information content (AvgIpc) is 2.29. The lowest BCUT2D eigenvalue weighted by atomic mass is 10.00. The van der Waals surface area contributed by atoms with Crippen molar-refractivity contribution in [2.75, 3.05) is 13.2 Å². The smallest absolute Gasteiger partial charge is 0.407 e. The lowest BCUT2D eigenvalue weighted by Crippen LogP contribution is -2.32. The molecule has 0 rings (SSSR count). The van der Waals surface area contributed by atoms with Gasteiger partial charge in [0.25, 0.3) is 0 Å². The Kier molecular flexibility index (Phi) is 9.00. The number of nitrogens with one attached hydrogen (secondary N) is 1. The van der Waals surface area contributed by atoms with Crippen LogP contribution in [0.25, 0.3) is 0 Å². The third kappa shape index (κ3) is 7.51. The highest BCUT2D eigenvalue weighted by molar-refractivity contribution is 5.67. The Morgan fingerprint density at radius 1 is 1.44 bits per heavy atom. The summed E-state index contributed by atoms with van der Waals surface area (Å²) < 4.78 is 4.90. The highest BCUT2D eigenvalue weighted by Gasteiger charge is 2.11. The molecule has 4 heteroatoms. The number of carbonyl (C=O) groups is 1. The molecule has 0 heterocycles. The number of alkyl carbamates (subject to hydrolysis) is 1. The maximum Gasteiger partial charge on any atom is 0.407 e. The number of aliphatic hydroxyl groups excluding tert-OH is 1. The maximum absolute atomic E-state index is 11.3. The summed E-state index contributed by atoms with van der Waals surface area (Å²) >= 11 is 0. The number of ether oxygens (including phenoxy) is 1. The second kappa shape index (κ2) is 9.46. The fourth-order valence-corrected chi connectivity index (χ4v) is 1.43. The maximum atomic E-state index is 11.3. The topological polar surface area (TPSA) is 58.6 Å². The number of unbranched alkanes of at least 4 members (excludes halogenated alkanes) is 1. The molecule has 0 aliphatic rings. The van der Waals surface area contributed by atoms with E-state index in [1.807, 2.05) is 0 Å². The first kappa shape index (κ1) is 15.2. The van der Waals surface area contributed by atoms with Gasteiger partial charge < -0.3 is 15.2 Å². The van der Waals surface area contributed by atoms with Crippen LogP contribution in [0.3, 0.4) is 0 Å². The molecule has 0 bridgehead atoms. The van der Waals surface area contributed by atoms with Gasteiger partial charge in [-0.05, 0) is 19.3 Å². The molecule has 1 amide bonds. The van der Waals surface area contributed by atoms with Crippen molar-refractivity contribution in [1.82, 2.24) is 5.32 Å². The van der Waals surface area contributed by atoms with Crippen LogP contribution in [0.15, 0.2) is 0 Å². The van der Waals surface area contributed by atoms with Crippen molar-refractivity contribution in [3.63, 3.8) is 0 Å². The molecule has 2 atom stereocenters. The van der Waals surface area contributed by atoms with Crippen molar-refractivity contribution >= 4 is 6.09 Å². The highest BCUT2D eigenvalue weighted by Crippen LogP contribution is 2.11. The Morgan fingerprint density at radius 2 is 2.12 bits per heavy atom. The number of hydrogen-bond donors (Lipinski definition) is 2. The van der Waals surface area contributed by atoms with Gasteiger partial charge in [-0.1, -0.05) is 33.1 Å². The van der Waals surface area contributed by atoms with Crippen LogP contribution < -0.4 is 5.32 Å². The van der Waals surface area contributed by atoms with Crippen LogP contribution in [-0.2, 0) is 4.74 Å². The van der Waals surface area contributed by atoms with E-state index in [1.54, 1.807) is 6.92 Å². The molecular weight excluding hydrogens is 206 g/mol. The van der Waals surface area contributed by atoms with Gasteiger partial charge >= 0.3 is 6.09 Å². The van der Waals surface area contributed by atoms with Crippen molar-refractivity contribution in [3.05, 3.63) is 0 Å². The monoisotopic (exact) mass is 231 g/mol. The molecule has 0 fully saturated rings. The predicted molar refractivity (Wildman–Crippen MR) is 64.3 cm³/mol. The molecule has 96 valence electrons. The van der Waals surface area contributed by atoms with Gasteiger partial charge in [0.05, 0.1) is 6.61 Å². The zero-order valence-corrected chi connectivity index (χ0v) is 10.7. The minimum atomic E-state index is -0.435. The lowest BCUT2D eigenvalue weighted by Gasteiger charge is -2.16. The first-order valence-corrected chi connectivity index (χ1v) is 6.19.